The van der Waals surface area contributed by atoms with Crippen LogP contribution in [0, 0.1) is 0 Å². The standard InChI is InChI=1S/C13H16N2O2S/c1-3-16-10-6-4-5-8-9-7-13(2,17-11(8)10)15-12(18)14-9/h4-6,9H,3,7H2,1-2H3,(H2,14,15,18). The predicted octanol–water partition coefficient (Wildman–Crippen LogP) is 2.10. The first-order valence-corrected chi connectivity index (χ1v) is 6.55. The summed E-state index contributed by atoms with van der Waals surface area (Å²) in [6.07, 6.45) is 0.843. The fraction of sp³-hybridized carbons (Fsp3) is 0.462. The van der Waals surface area contributed by atoms with E-state index in [2.05, 4.69) is 16.7 Å². The van der Waals surface area contributed by atoms with Crippen molar-refractivity contribution in [3.8, 4) is 11.5 Å². The Morgan fingerprint density at radius 1 is 1.56 bits per heavy atom. The lowest BCUT2D eigenvalue weighted by molar-refractivity contribution is 0.0216. The van der Waals surface area contributed by atoms with Crippen LogP contribution in [-0.2, 0) is 0 Å². The molecule has 1 fully saturated rings. The summed E-state index contributed by atoms with van der Waals surface area (Å²) in [6.45, 7) is 4.61. The van der Waals surface area contributed by atoms with Crippen molar-refractivity contribution in [2.45, 2.75) is 32.0 Å². The molecular formula is C13H16N2O2S. The first-order valence-electron chi connectivity index (χ1n) is 6.15. The van der Waals surface area contributed by atoms with Gasteiger partial charge in [0, 0.05) is 12.0 Å². The minimum Gasteiger partial charge on any atom is -0.490 e. The average Bonchev–Trinajstić information content (AvgIpc) is 2.29. The summed E-state index contributed by atoms with van der Waals surface area (Å²) in [5.74, 6) is 1.61. The van der Waals surface area contributed by atoms with Crippen molar-refractivity contribution in [1.29, 1.82) is 0 Å². The summed E-state index contributed by atoms with van der Waals surface area (Å²) in [5, 5.41) is 7.10. The van der Waals surface area contributed by atoms with Gasteiger partial charge in [-0.05, 0) is 32.1 Å². The molecule has 0 aliphatic carbocycles. The molecule has 0 radical (unpaired) electrons. The van der Waals surface area contributed by atoms with Crippen molar-refractivity contribution in [2.75, 3.05) is 6.61 Å². The van der Waals surface area contributed by atoms with Crippen molar-refractivity contribution >= 4 is 17.3 Å². The lowest BCUT2D eigenvalue weighted by Gasteiger charge is -2.45. The largest absolute Gasteiger partial charge is 0.490 e. The van der Waals surface area contributed by atoms with Gasteiger partial charge < -0.3 is 20.1 Å². The summed E-state index contributed by atoms with van der Waals surface area (Å²) < 4.78 is 11.7. The van der Waals surface area contributed by atoms with E-state index in [1.54, 1.807) is 0 Å². The molecule has 3 rings (SSSR count). The van der Waals surface area contributed by atoms with Crippen molar-refractivity contribution < 1.29 is 9.47 Å². The maximum atomic E-state index is 6.08. The fourth-order valence-corrected chi connectivity index (χ4v) is 2.95. The van der Waals surface area contributed by atoms with Gasteiger partial charge in [0.2, 0.25) is 0 Å². The van der Waals surface area contributed by atoms with Gasteiger partial charge in [0.05, 0.1) is 12.6 Å². The molecule has 2 unspecified atom stereocenters. The minimum atomic E-state index is -0.451. The third kappa shape index (κ3) is 1.79. The van der Waals surface area contributed by atoms with Crippen LogP contribution in [0.3, 0.4) is 0 Å². The number of hydrogen-bond acceptors (Lipinski definition) is 3. The summed E-state index contributed by atoms with van der Waals surface area (Å²) in [7, 11) is 0. The third-order valence-corrected chi connectivity index (χ3v) is 3.51. The lowest BCUT2D eigenvalue weighted by atomic mass is 9.91. The Morgan fingerprint density at radius 3 is 3.17 bits per heavy atom. The SMILES string of the molecule is CCOc1cccc2c1OC1(C)CC2NC(=S)N1. The Balaban J connectivity index is 2.07. The number of ether oxygens (including phenoxy) is 2. The van der Waals surface area contributed by atoms with Crippen molar-refractivity contribution in [3.63, 3.8) is 0 Å². The number of fused-ring (bicyclic) bond motifs is 4. The molecular weight excluding hydrogens is 248 g/mol. The molecule has 4 nitrogen and oxygen atoms in total. The van der Waals surface area contributed by atoms with E-state index >= 15 is 0 Å². The number of benzene rings is 1. The highest BCUT2D eigenvalue weighted by Gasteiger charge is 2.43. The Labute approximate surface area is 112 Å². The van der Waals surface area contributed by atoms with Crippen LogP contribution in [0.5, 0.6) is 11.5 Å². The second-order valence-corrected chi connectivity index (χ2v) is 5.20. The molecule has 1 aromatic rings. The molecule has 1 aromatic carbocycles. The number of para-hydroxylation sites is 1. The normalized spacial score (nSPS) is 28.6. The van der Waals surface area contributed by atoms with Crippen molar-refractivity contribution in [2.24, 2.45) is 0 Å². The third-order valence-electron chi connectivity index (χ3n) is 3.29. The van der Waals surface area contributed by atoms with Gasteiger partial charge in [0.25, 0.3) is 0 Å². The van der Waals surface area contributed by atoms with Gasteiger partial charge in [-0.2, -0.15) is 0 Å². The lowest BCUT2D eigenvalue weighted by Crippen LogP contribution is -2.62. The van der Waals surface area contributed by atoms with Crippen molar-refractivity contribution in [3.05, 3.63) is 23.8 Å². The van der Waals surface area contributed by atoms with Crippen LogP contribution >= 0.6 is 12.2 Å². The first-order chi connectivity index (χ1) is 8.61. The van der Waals surface area contributed by atoms with Gasteiger partial charge in [-0.25, -0.2) is 0 Å². The number of thiocarbonyl (C=S) groups is 1. The summed E-state index contributed by atoms with van der Waals surface area (Å²) in [6, 6.07) is 6.17. The second kappa shape index (κ2) is 4.02. The Bertz CT molecular complexity index is 506. The van der Waals surface area contributed by atoms with Crippen LogP contribution < -0.4 is 20.1 Å². The molecule has 5 heteroatoms. The minimum absolute atomic E-state index is 0.188. The molecule has 1 saturated heterocycles. The van der Waals surface area contributed by atoms with E-state index in [1.165, 1.54) is 0 Å². The first kappa shape index (κ1) is 11.6. The summed E-state index contributed by atoms with van der Waals surface area (Å²) in [4.78, 5) is 0. The summed E-state index contributed by atoms with van der Waals surface area (Å²) >= 11 is 5.21. The van der Waals surface area contributed by atoms with E-state index in [0.29, 0.717) is 11.7 Å². The van der Waals surface area contributed by atoms with E-state index in [0.717, 1.165) is 23.5 Å². The van der Waals surface area contributed by atoms with Gasteiger partial charge >= 0.3 is 0 Å². The van der Waals surface area contributed by atoms with Crippen LogP contribution in [-0.4, -0.2) is 17.4 Å². The molecule has 0 spiro atoms. The molecule has 18 heavy (non-hydrogen) atoms. The quantitative estimate of drug-likeness (QED) is 0.801. The number of nitrogens with one attached hydrogen (secondary N) is 2. The van der Waals surface area contributed by atoms with E-state index in [9.17, 15) is 0 Å². The smallest absolute Gasteiger partial charge is 0.182 e. The number of hydrogen-bond donors (Lipinski definition) is 2. The molecule has 2 atom stereocenters. The zero-order valence-corrected chi connectivity index (χ0v) is 11.3. The zero-order valence-electron chi connectivity index (χ0n) is 10.4. The second-order valence-electron chi connectivity index (χ2n) is 4.80. The van der Waals surface area contributed by atoms with E-state index in [-0.39, 0.29) is 6.04 Å². The monoisotopic (exact) mass is 264 g/mol. The molecule has 96 valence electrons. The van der Waals surface area contributed by atoms with Crippen LogP contribution in [0.2, 0.25) is 0 Å². The molecule has 2 N–H and O–H groups in total. The Hall–Kier alpha value is -1.49. The zero-order chi connectivity index (χ0) is 12.8. The van der Waals surface area contributed by atoms with E-state index < -0.39 is 5.72 Å². The maximum absolute atomic E-state index is 6.08. The molecule has 2 aliphatic heterocycles. The highest BCUT2D eigenvalue weighted by Crippen LogP contribution is 2.45. The topological polar surface area (TPSA) is 42.5 Å². The highest BCUT2D eigenvalue weighted by molar-refractivity contribution is 7.80. The van der Waals surface area contributed by atoms with Gasteiger partial charge in [-0.3, -0.25) is 0 Å². The highest BCUT2D eigenvalue weighted by atomic mass is 32.1. The van der Waals surface area contributed by atoms with Crippen LogP contribution in [0.1, 0.15) is 31.9 Å². The molecule has 0 aromatic heterocycles. The number of rotatable bonds is 2. The van der Waals surface area contributed by atoms with E-state index in [1.807, 2.05) is 26.0 Å². The predicted molar refractivity (Wildman–Crippen MR) is 72.9 cm³/mol. The Morgan fingerprint density at radius 2 is 2.39 bits per heavy atom. The Kier molecular flexibility index (Phi) is 2.59. The molecule has 0 amide bonds. The molecule has 2 heterocycles. The molecule has 0 saturated carbocycles. The van der Waals surface area contributed by atoms with Crippen LogP contribution in [0.15, 0.2) is 18.2 Å². The fourth-order valence-electron chi connectivity index (χ4n) is 2.59. The van der Waals surface area contributed by atoms with Gasteiger partial charge in [0.1, 0.15) is 0 Å². The van der Waals surface area contributed by atoms with Crippen molar-refractivity contribution in [1.82, 2.24) is 10.6 Å². The van der Waals surface area contributed by atoms with Crippen LogP contribution in [0.25, 0.3) is 0 Å². The molecule has 2 bridgehead atoms. The average molecular weight is 264 g/mol. The van der Waals surface area contributed by atoms with Gasteiger partial charge in [-0.1, -0.05) is 12.1 Å². The van der Waals surface area contributed by atoms with E-state index in [4.69, 9.17) is 21.7 Å². The van der Waals surface area contributed by atoms with Crippen LogP contribution in [0.4, 0.5) is 0 Å². The van der Waals surface area contributed by atoms with Gasteiger partial charge in [-0.15, -0.1) is 0 Å². The summed E-state index contributed by atoms with van der Waals surface area (Å²) in [5.41, 5.74) is 0.662. The maximum Gasteiger partial charge on any atom is 0.182 e. The molecule has 2 aliphatic rings. The van der Waals surface area contributed by atoms with Gasteiger partial charge in [0.15, 0.2) is 22.3 Å².